The second-order valence-corrected chi connectivity index (χ2v) is 6.09. The van der Waals surface area contributed by atoms with Crippen LogP contribution in [-0.2, 0) is 0 Å². The fourth-order valence-corrected chi connectivity index (χ4v) is 2.81. The topological polar surface area (TPSA) is 38.7 Å². The van der Waals surface area contributed by atoms with Gasteiger partial charge in [-0.2, -0.15) is 11.8 Å². The van der Waals surface area contributed by atoms with E-state index in [4.69, 9.17) is 9.47 Å². The maximum absolute atomic E-state index is 10.2. The van der Waals surface area contributed by atoms with Gasteiger partial charge in [0.2, 0.25) is 0 Å². The third kappa shape index (κ3) is 5.63. The third-order valence-electron chi connectivity index (χ3n) is 2.68. The molecule has 1 atom stereocenters. The average Bonchev–Trinajstić information content (AvgIpc) is 2.40. The molecule has 0 spiro atoms. The number of hydrogen-bond donors (Lipinski definition) is 1. The predicted octanol–water partition coefficient (Wildman–Crippen LogP) is 3.91. The molecule has 0 fully saturated rings. The van der Waals surface area contributed by atoms with E-state index in [1.165, 1.54) is 0 Å². The minimum atomic E-state index is -0.464. The molecule has 0 saturated heterocycles. The molecule has 0 heterocycles. The molecule has 0 saturated carbocycles. The highest BCUT2D eigenvalue weighted by Crippen LogP contribution is 2.31. The zero-order valence-corrected chi connectivity index (χ0v) is 13.7. The first-order chi connectivity index (χ1) is 9.58. The molecule has 20 heavy (non-hydrogen) atoms. The van der Waals surface area contributed by atoms with E-state index < -0.39 is 6.10 Å². The minimum Gasteiger partial charge on any atom is -0.490 e. The Bertz CT molecular complexity index is 393. The largest absolute Gasteiger partial charge is 0.490 e. The molecule has 1 aromatic carbocycles. The van der Waals surface area contributed by atoms with Crippen molar-refractivity contribution in [3.63, 3.8) is 0 Å². The van der Waals surface area contributed by atoms with Gasteiger partial charge in [-0.25, -0.2) is 0 Å². The van der Waals surface area contributed by atoms with Gasteiger partial charge in [-0.3, -0.25) is 0 Å². The maximum Gasteiger partial charge on any atom is 0.161 e. The number of rotatable bonds is 9. The Balaban J connectivity index is 2.71. The summed E-state index contributed by atoms with van der Waals surface area (Å²) in [4.78, 5) is 0. The second kappa shape index (κ2) is 9.14. The smallest absolute Gasteiger partial charge is 0.161 e. The Morgan fingerprint density at radius 1 is 1.05 bits per heavy atom. The Morgan fingerprint density at radius 3 is 2.30 bits per heavy atom. The predicted molar refractivity (Wildman–Crippen MR) is 85.9 cm³/mol. The molecule has 0 bridgehead atoms. The lowest BCUT2D eigenvalue weighted by molar-refractivity contribution is 0.203. The summed E-state index contributed by atoms with van der Waals surface area (Å²) in [5.41, 5.74) is 0.883. The highest BCUT2D eigenvalue weighted by molar-refractivity contribution is 7.99. The summed E-state index contributed by atoms with van der Waals surface area (Å²) in [6.45, 7) is 9.44. The molecule has 4 heteroatoms. The van der Waals surface area contributed by atoms with Crippen LogP contribution in [0, 0.1) is 5.92 Å². The lowest BCUT2D eigenvalue weighted by atomic mass is 10.1. The molecular weight excluding hydrogens is 272 g/mol. The van der Waals surface area contributed by atoms with Crippen LogP contribution >= 0.6 is 11.8 Å². The van der Waals surface area contributed by atoms with Crippen molar-refractivity contribution in [2.75, 3.05) is 24.7 Å². The van der Waals surface area contributed by atoms with Gasteiger partial charge in [-0.15, -0.1) is 0 Å². The van der Waals surface area contributed by atoms with Crippen molar-refractivity contribution in [2.45, 2.75) is 33.8 Å². The standard InChI is InChI=1S/C16H26O3S/c1-5-18-15-8-7-13(9-16(15)19-6-2)14(17)11-20-10-12(3)4/h7-9,12,14,17H,5-6,10-11H2,1-4H3. The third-order valence-corrected chi connectivity index (χ3v) is 4.13. The summed E-state index contributed by atoms with van der Waals surface area (Å²) in [6, 6.07) is 5.67. The summed E-state index contributed by atoms with van der Waals surface area (Å²) in [5, 5.41) is 10.2. The molecule has 1 unspecified atom stereocenters. The summed E-state index contributed by atoms with van der Waals surface area (Å²) in [7, 11) is 0. The Labute approximate surface area is 126 Å². The van der Waals surface area contributed by atoms with Crippen molar-refractivity contribution in [1.82, 2.24) is 0 Å². The second-order valence-electron chi connectivity index (χ2n) is 5.02. The zero-order chi connectivity index (χ0) is 15.0. The van der Waals surface area contributed by atoms with Gasteiger partial charge in [0, 0.05) is 5.75 Å². The van der Waals surface area contributed by atoms with Gasteiger partial charge in [0.1, 0.15) is 0 Å². The number of aliphatic hydroxyl groups excluding tert-OH is 1. The summed E-state index contributed by atoms with van der Waals surface area (Å²) >= 11 is 1.78. The number of aliphatic hydroxyl groups is 1. The van der Waals surface area contributed by atoms with E-state index in [2.05, 4.69) is 13.8 Å². The van der Waals surface area contributed by atoms with Crippen LogP contribution in [0.1, 0.15) is 39.4 Å². The molecule has 0 aliphatic rings. The van der Waals surface area contributed by atoms with Gasteiger partial charge < -0.3 is 14.6 Å². The van der Waals surface area contributed by atoms with Gasteiger partial charge in [-0.05, 0) is 43.2 Å². The van der Waals surface area contributed by atoms with Crippen LogP contribution in [0.15, 0.2) is 18.2 Å². The van der Waals surface area contributed by atoms with Crippen molar-refractivity contribution in [1.29, 1.82) is 0 Å². The number of thioether (sulfide) groups is 1. The minimum absolute atomic E-state index is 0.464. The van der Waals surface area contributed by atoms with Gasteiger partial charge in [0.25, 0.3) is 0 Å². The number of ether oxygens (including phenoxy) is 2. The van der Waals surface area contributed by atoms with Crippen LogP contribution in [0.4, 0.5) is 0 Å². The summed E-state index contributed by atoms with van der Waals surface area (Å²) in [6.07, 6.45) is -0.464. The molecule has 0 aromatic heterocycles. The maximum atomic E-state index is 10.2. The monoisotopic (exact) mass is 298 g/mol. The quantitative estimate of drug-likeness (QED) is 0.750. The molecular formula is C16H26O3S. The Morgan fingerprint density at radius 2 is 1.70 bits per heavy atom. The molecule has 0 aliphatic heterocycles. The van der Waals surface area contributed by atoms with Gasteiger partial charge in [0.15, 0.2) is 11.5 Å². The fraction of sp³-hybridized carbons (Fsp3) is 0.625. The molecule has 0 aliphatic carbocycles. The molecule has 3 nitrogen and oxygen atoms in total. The van der Waals surface area contributed by atoms with E-state index in [-0.39, 0.29) is 0 Å². The molecule has 1 rings (SSSR count). The number of benzene rings is 1. The molecule has 1 aromatic rings. The van der Waals surface area contributed by atoms with Crippen LogP contribution in [-0.4, -0.2) is 29.8 Å². The van der Waals surface area contributed by atoms with Gasteiger partial charge in [-0.1, -0.05) is 19.9 Å². The zero-order valence-electron chi connectivity index (χ0n) is 12.9. The molecule has 114 valence electrons. The van der Waals surface area contributed by atoms with Crippen LogP contribution in [0.3, 0.4) is 0 Å². The first-order valence-electron chi connectivity index (χ1n) is 7.23. The van der Waals surface area contributed by atoms with Crippen LogP contribution in [0.2, 0.25) is 0 Å². The van der Waals surface area contributed by atoms with E-state index in [0.29, 0.717) is 30.6 Å². The van der Waals surface area contributed by atoms with Gasteiger partial charge >= 0.3 is 0 Å². The Kier molecular flexibility index (Phi) is 7.85. The van der Waals surface area contributed by atoms with Crippen LogP contribution in [0.25, 0.3) is 0 Å². The lowest BCUT2D eigenvalue weighted by Crippen LogP contribution is -2.05. The average molecular weight is 298 g/mol. The fourth-order valence-electron chi connectivity index (χ4n) is 1.79. The van der Waals surface area contributed by atoms with Crippen molar-refractivity contribution < 1.29 is 14.6 Å². The van der Waals surface area contributed by atoms with Crippen LogP contribution < -0.4 is 9.47 Å². The van der Waals surface area contributed by atoms with E-state index in [1.54, 1.807) is 11.8 Å². The summed E-state index contributed by atoms with van der Waals surface area (Å²) in [5.74, 6) is 3.86. The highest BCUT2D eigenvalue weighted by atomic mass is 32.2. The van der Waals surface area contributed by atoms with E-state index in [9.17, 15) is 5.11 Å². The lowest BCUT2D eigenvalue weighted by Gasteiger charge is -2.16. The van der Waals surface area contributed by atoms with Crippen molar-refractivity contribution in [2.24, 2.45) is 5.92 Å². The normalized spacial score (nSPS) is 12.5. The molecule has 0 radical (unpaired) electrons. The van der Waals surface area contributed by atoms with E-state index >= 15 is 0 Å². The SMILES string of the molecule is CCOc1ccc(C(O)CSCC(C)C)cc1OCC. The summed E-state index contributed by atoms with van der Waals surface area (Å²) < 4.78 is 11.1. The van der Waals surface area contributed by atoms with E-state index in [0.717, 1.165) is 17.1 Å². The molecule has 0 amide bonds. The highest BCUT2D eigenvalue weighted by Gasteiger charge is 2.12. The van der Waals surface area contributed by atoms with Crippen molar-refractivity contribution >= 4 is 11.8 Å². The number of hydrogen-bond acceptors (Lipinski definition) is 4. The first-order valence-corrected chi connectivity index (χ1v) is 8.39. The van der Waals surface area contributed by atoms with Gasteiger partial charge in [0.05, 0.1) is 19.3 Å². The van der Waals surface area contributed by atoms with E-state index in [1.807, 2.05) is 32.0 Å². The molecule has 1 N–H and O–H groups in total. The van der Waals surface area contributed by atoms with Crippen molar-refractivity contribution in [3.8, 4) is 11.5 Å². The Hall–Kier alpha value is -0.870. The van der Waals surface area contributed by atoms with Crippen molar-refractivity contribution in [3.05, 3.63) is 23.8 Å². The first kappa shape index (κ1) is 17.2. The van der Waals surface area contributed by atoms with Crippen LogP contribution in [0.5, 0.6) is 11.5 Å².